The molecule has 0 saturated heterocycles. The number of carbonyl (C=O) groups is 1. The number of unbranched alkanes of at least 4 members (excludes halogenated alkanes) is 5. The second kappa shape index (κ2) is 10.8. The molecule has 74 valence electrons. The monoisotopic (exact) mass is 194 g/mol. The highest BCUT2D eigenvalue weighted by Gasteiger charge is 1.95. The molecule has 0 aliphatic carbocycles. The first-order valence-corrected chi connectivity index (χ1v) is 4.49. The van der Waals surface area contributed by atoms with Crippen molar-refractivity contribution < 1.29 is 9.90 Å². The van der Waals surface area contributed by atoms with Crippen LogP contribution >= 0.6 is 12.4 Å². The largest absolute Gasteiger partial charge is 0.481 e. The van der Waals surface area contributed by atoms with Crippen molar-refractivity contribution in [3.8, 4) is 0 Å². The molecule has 0 aliphatic rings. The van der Waals surface area contributed by atoms with E-state index in [2.05, 4.69) is 6.92 Å². The van der Waals surface area contributed by atoms with Gasteiger partial charge in [0.15, 0.2) is 0 Å². The van der Waals surface area contributed by atoms with Crippen LogP contribution in [-0.2, 0) is 4.79 Å². The third kappa shape index (κ3) is 12.4. The Kier molecular flexibility index (Phi) is 12.8. The van der Waals surface area contributed by atoms with Crippen LogP contribution in [0.3, 0.4) is 0 Å². The van der Waals surface area contributed by atoms with E-state index in [0.717, 1.165) is 12.8 Å². The van der Waals surface area contributed by atoms with Crippen molar-refractivity contribution in [2.75, 3.05) is 0 Å². The molecule has 1 N–H and O–H groups in total. The Morgan fingerprint density at radius 1 is 1.08 bits per heavy atom. The van der Waals surface area contributed by atoms with Gasteiger partial charge in [-0.05, 0) is 6.42 Å². The summed E-state index contributed by atoms with van der Waals surface area (Å²) >= 11 is 0. The van der Waals surface area contributed by atoms with E-state index >= 15 is 0 Å². The molecule has 2 nitrogen and oxygen atoms in total. The standard InChI is InChI=1S/C9H18O2.ClH/c1-2-3-4-5-6-7-8-9(10)11;/h2-8H2,1H3,(H,10,11);1H. The fourth-order valence-corrected chi connectivity index (χ4v) is 1.06. The molecule has 0 rings (SSSR count). The van der Waals surface area contributed by atoms with Crippen molar-refractivity contribution >= 4 is 18.4 Å². The van der Waals surface area contributed by atoms with Crippen molar-refractivity contribution in [2.45, 2.75) is 51.9 Å². The first kappa shape index (κ1) is 14.3. The molecule has 0 radical (unpaired) electrons. The lowest BCUT2D eigenvalue weighted by molar-refractivity contribution is -0.137. The van der Waals surface area contributed by atoms with Gasteiger partial charge in [0.1, 0.15) is 0 Å². The Morgan fingerprint density at radius 2 is 1.58 bits per heavy atom. The predicted molar refractivity (Wildman–Crippen MR) is 52.9 cm³/mol. The molecule has 0 saturated carbocycles. The number of rotatable bonds is 7. The Balaban J connectivity index is 0. The van der Waals surface area contributed by atoms with Gasteiger partial charge in [-0.15, -0.1) is 12.4 Å². The molecule has 0 atom stereocenters. The molecule has 0 aliphatic heterocycles. The Labute approximate surface area is 80.8 Å². The van der Waals surface area contributed by atoms with Gasteiger partial charge in [-0.2, -0.15) is 0 Å². The van der Waals surface area contributed by atoms with Crippen molar-refractivity contribution in [3.63, 3.8) is 0 Å². The zero-order valence-corrected chi connectivity index (χ0v) is 8.53. The minimum absolute atomic E-state index is 0. The molecule has 12 heavy (non-hydrogen) atoms. The third-order valence-electron chi connectivity index (χ3n) is 1.74. The van der Waals surface area contributed by atoms with Gasteiger partial charge in [-0.3, -0.25) is 4.79 Å². The van der Waals surface area contributed by atoms with Crippen LogP contribution in [0.4, 0.5) is 0 Å². The normalized spacial score (nSPS) is 9.08. The number of hydrogen-bond acceptors (Lipinski definition) is 1. The molecule has 0 aromatic carbocycles. The molecular weight excluding hydrogens is 176 g/mol. The van der Waals surface area contributed by atoms with E-state index in [1.165, 1.54) is 25.7 Å². The number of halogens is 1. The van der Waals surface area contributed by atoms with Crippen molar-refractivity contribution in [3.05, 3.63) is 0 Å². The summed E-state index contributed by atoms with van der Waals surface area (Å²) in [5.41, 5.74) is 0. The van der Waals surface area contributed by atoms with E-state index in [1.54, 1.807) is 0 Å². The maximum Gasteiger partial charge on any atom is 0.303 e. The number of carboxylic acids is 1. The van der Waals surface area contributed by atoms with Crippen LogP contribution in [-0.4, -0.2) is 11.1 Å². The molecule has 0 heterocycles. The van der Waals surface area contributed by atoms with Crippen molar-refractivity contribution in [1.82, 2.24) is 0 Å². The molecule has 0 fully saturated rings. The Bertz CT molecular complexity index is 105. The maximum absolute atomic E-state index is 10.1. The smallest absolute Gasteiger partial charge is 0.303 e. The second-order valence-corrected chi connectivity index (χ2v) is 2.91. The molecule has 0 aromatic rings. The lowest BCUT2D eigenvalue weighted by Gasteiger charge is -1.97. The highest BCUT2D eigenvalue weighted by Crippen LogP contribution is 2.06. The van der Waals surface area contributed by atoms with E-state index in [4.69, 9.17) is 5.11 Å². The van der Waals surface area contributed by atoms with E-state index in [0.29, 0.717) is 6.42 Å². The van der Waals surface area contributed by atoms with E-state index in [9.17, 15) is 4.79 Å². The van der Waals surface area contributed by atoms with Crippen LogP contribution in [0.5, 0.6) is 0 Å². The zero-order chi connectivity index (χ0) is 8.53. The fraction of sp³-hybridized carbons (Fsp3) is 0.889. The van der Waals surface area contributed by atoms with E-state index < -0.39 is 5.97 Å². The van der Waals surface area contributed by atoms with Gasteiger partial charge in [0.2, 0.25) is 0 Å². The SMILES string of the molecule is CCCCCCCCC(=O)O.Cl. The Morgan fingerprint density at radius 3 is 2.08 bits per heavy atom. The van der Waals surface area contributed by atoms with Gasteiger partial charge in [-0.1, -0.05) is 39.0 Å². The summed E-state index contributed by atoms with van der Waals surface area (Å²) in [6.45, 7) is 2.18. The molecule has 0 unspecified atom stereocenters. The van der Waals surface area contributed by atoms with Crippen molar-refractivity contribution in [1.29, 1.82) is 0 Å². The van der Waals surface area contributed by atoms with Crippen molar-refractivity contribution in [2.24, 2.45) is 0 Å². The first-order valence-electron chi connectivity index (χ1n) is 4.49. The van der Waals surface area contributed by atoms with Crippen LogP contribution in [0.2, 0.25) is 0 Å². The van der Waals surface area contributed by atoms with Gasteiger partial charge in [0.05, 0.1) is 0 Å². The third-order valence-corrected chi connectivity index (χ3v) is 1.74. The molecule has 0 amide bonds. The first-order chi connectivity index (χ1) is 5.27. The van der Waals surface area contributed by atoms with E-state index in [1.807, 2.05) is 0 Å². The summed E-state index contributed by atoms with van der Waals surface area (Å²) in [4.78, 5) is 10.1. The quantitative estimate of drug-likeness (QED) is 0.632. The molecule has 3 heteroatoms. The van der Waals surface area contributed by atoms with E-state index in [-0.39, 0.29) is 12.4 Å². The summed E-state index contributed by atoms with van der Waals surface area (Å²) in [7, 11) is 0. The second-order valence-electron chi connectivity index (χ2n) is 2.91. The Hall–Kier alpha value is -0.240. The molecule has 0 bridgehead atoms. The fourth-order valence-electron chi connectivity index (χ4n) is 1.06. The minimum atomic E-state index is -0.666. The number of hydrogen-bond donors (Lipinski definition) is 1. The topological polar surface area (TPSA) is 37.3 Å². The average molecular weight is 195 g/mol. The van der Waals surface area contributed by atoms with Crippen LogP contribution in [0, 0.1) is 0 Å². The summed E-state index contributed by atoms with van der Waals surface area (Å²) in [5, 5.41) is 8.32. The summed E-state index contributed by atoms with van der Waals surface area (Å²) in [5.74, 6) is -0.666. The molecular formula is C9H19ClO2. The van der Waals surface area contributed by atoms with Gasteiger partial charge in [0, 0.05) is 6.42 Å². The van der Waals surface area contributed by atoms with Gasteiger partial charge >= 0.3 is 5.97 Å². The summed E-state index contributed by atoms with van der Waals surface area (Å²) in [6, 6.07) is 0. The number of carboxylic acid groups (broad SMARTS) is 1. The highest BCUT2D eigenvalue weighted by molar-refractivity contribution is 5.85. The van der Waals surface area contributed by atoms with Crippen LogP contribution in [0.1, 0.15) is 51.9 Å². The molecule has 0 spiro atoms. The molecule has 0 aromatic heterocycles. The summed E-state index contributed by atoms with van der Waals surface area (Å²) < 4.78 is 0. The highest BCUT2D eigenvalue weighted by atomic mass is 35.5. The predicted octanol–water partition coefficient (Wildman–Crippen LogP) is 3.24. The maximum atomic E-state index is 10.1. The zero-order valence-electron chi connectivity index (χ0n) is 7.71. The van der Waals surface area contributed by atoms with Gasteiger partial charge < -0.3 is 5.11 Å². The van der Waals surface area contributed by atoms with Gasteiger partial charge in [0.25, 0.3) is 0 Å². The lowest BCUT2D eigenvalue weighted by Crippen LogP contribution is -1.93. The van der Waals surface area contributed by atoms with Crippen LogP contribution in [0.25, 0.3) is 0 Å². The average Bonchev–Trinajstić information content (AvgIpc) is 1.96. The van der Waals surface area contributed by atoms with Crippen LogP contribution < -0.4 is 0 Å². The van der Waals surface area contributed by atoms with Gasteiger partial charge in [-0.25, -0.2) is 0 Å². The lowest BCUT2D eigenvalue weighted by atomic mass is 10.1. The summed E-state index contributed by atoms with van der Waals surface area (Å²) in [6.07, 6.45) is 7.25. The number of aliphatic carboxylic acids is 1. The van der Waals surface area contributed by atoms with Crippen LogP contribution in [0.15, 0.2) is 0 Å². The minimum Gasteiger partial charge on any atom is -0.481 e.